The Kier molecular flexibility index (Phi) is 3.85. The summed E-state index contributed by atoms with van der Waals surface area (Å²) in [5, 5.41) is 25.2. The summed E-state index contributed by atoms with van der Waals surface area (Å²) in [4.78, 5) is 0. The molecule has 1 rings (SSSR count). The summed E-state index contributed by atoms with van der Waals surface area (Å²) < 4.78 is 1.67. The third-order valence-corrected chi connectivity index (χ3v) is 1.96. The van der Waals surface area contributed by atoms with E-state index in [1.54, 1.807) is 4.68 Å². The Labute approximate surface area is 77.0 Å². The van der Waals surface area contributed by atoms with Crippen molar-refractivity contribution >= 4 is 0 Å². The van der Waals surface area contributed by atoms with E-state index in [-0.39, 0.29) is 13.2 Å². The molecule has 1 heterocycles. The van der Waals surface area contributed by atoms with Gasteiger partial charge in [-0.2, -0.15) is 0 Å². The third-order valence-electron chi connectivity index (χ3n) is 1.96. The minimum Gasteiger partial charge on any atom is -0.396 e. The Hall–Kier alpha value is -0.940. The summed E-state index contributed by atoms with van der Waals surface area (Å²) in [6.45, 7) is 2.65. The van der Waals surface area contributed by atoms with Crippen LogP contribution in [-0.4, -0.2) is 38.4 Å². The van der Waals surface area contributed by atoms with Crippen molar-refractivity contribution < 1.29 is 10.2 Å². The number of hydrogen-bond donors (Lipinski definition) is 2. The highest BCUT2D eigenvalue weighted by atomic mass is 16.3. The van der Waals surface area contributed by atoms with E-state index >= 15 is 0 Å². The van der Waals surface area contributed by atoms with E-state index in [0.717, 1.165) is 17.8 Å². The van der Waals surface area contributed by atoms with Crippen LogP contribution in [0.5, 0.6) is 0 Å². The van der Waals surface area contributed by atoms with E-state index < -0.39 is 0 Å². The van der Waals surface area contributed by atoms with Crippen LogP contribution in [0.4, 0.5) is 0 Å². The molecule has 0 aliphatic rings. The molecule has 5 nitrogen and oxygen atoms in total. The van der Waals surface area contributed by atoms with E-state index in [0.29, 0.717) is 13.0 Å². The lowest BCUT2D eigenvalue weighted by Crippen LogP contribution is -2.06. The van der Waals surface area contributed by atoms with Gasteiger partial charge in [-0.3, -0.25) is 0 Å². The van der Waals surface area contributed by atoms with Crippen LogP contribution in [0.1, 0.15) is 17.8 Å². The normalized spacial score (nSPS) is 10.7. The van der Waals surface area contributed by atoms with Gasteiger partial charge in [-0.25, -0.2) is 4.68 Å². The minimum atomic E-state index is 0.0731. The summed E-state index contributed by atoms with van der Waals surface area (Å²) in [6.07, 6.45) is 1.45. The van der Waals surface area contributed by atoms with Crippen LogP contribution in [-0.2, 0) is 13.0 Å². The van der Waals surface area contributed by atoms with Gasteiger partial charge >= 0.3 is 0 Å². The van der Waals surface area contributed by atoms with Gasteiger partial charge in [-0.15, -0.1) is 5.10 Å². The number of aliphatic hydroxyl groups is 2. The highest BCUT2D eigenvalue weighted by Crippen LogP contribution is 2.05. The second-order valence-corrected chi connectivity index (χ2v) is 2.90. The molecule has 0 saturated carbocycles. The first-order valence-corrected chi connectivity index (χ1v) is 4.40. The Morgan fingerprint density at radius 2 is 2.08 bits per heavy atom. The summed E-state index contributed by atoms with van der Waals surface area (Å²) >= 11 is 0. The number of hydrogen-bond acceptors (Lipinski definition) is 4. The van der Waals surface area contributed by atoms with Crippen molar-refractivity contribution in [1.29, 1.82) is 0 Å². The van der Waals surface area contributed by atoms with Crippen molar-refractivity contribution in [3.8, 4) is 0 Å². The Bertz CT molecular complexity index is 260. The van der Waals surface area contributed by atoms with Crippen LogP contribution in [0.3, 0.4) is 0 Å². The van der Waals surface area contributed by atoms with E-state index in [9.17, 15) is 0 Å². The molecule has 5 heteroatoms. The second-order valence-electron chi connectivity index (χ2n) is 2.90. The summed E-state index contributed by atoms with van der Waals surface area (Å²) in [6, 6.07) is 0. The quantitative estimate of drug-likeness (QED) is 0.649. The average Bonchev–Trinajstić information content (AvgIpc) is 2.46. The van der Waals surface area contributed by atoms with Crippen LogP contribution in [0.15, 0.2) is 0 Å². The van der Waals surface area contributed by atoms with Crippen LogP contribution >= 0.6 is 0 Å². The van der Waals surface area contributed by atoms with Crippen molar-refractivity contribution in [2.45, 2.75) is 26.3 Å². The molecule has 0 aliphatic carbocycles. The SMILES string of the molecule is Cc1c(CCCO)nnn1CCO. The molecule has 0 amide bonds. The highest BCUT2D eigenvalue weighted by molar-refractivity contribution is 5.07. The Balaban J connectivity index is 2.62. The van der Waals surface area contributed by atoms with Crippen molar-refractivity contribution in [3.63, 3.8) is 0 Å². The van der Waals surface area contributed by atoms with Crippen molar-refractivity contribution in [2.75, 3.05) is 13.2 Å². The van der Waals surface area contributed by atoms with Gasteiger partial charge in [0.2, 0.25) is 0 Å². The fourth-order valence-electron chi connectivity index (χ4n) is 1.18. The van der Waals surface area contributed by atoms with Crippen LogP contribution in [0.25, 0.3) is 0 Å². The maximum Gasteiger partial charge on any atom is 0.0857 e. The van der Waals surface area contributed by atoms with Gasteiger partial charge in [0.25, 0.3) is 0 Å². The average molecular weight is 185 g/mol. The smallest absolute Gasteiger partial charge is 0.0857 e. The van der Waals surface area contributed by atoms with Crippen LogP contribution < -0.4 is 0 Å². The summed E-state index contributed by atoms with van der Waals surface area (Å²) in [5.74, 6) is 0. The second kappa shape index (κ2) is 4.94. The van der Waals surface area contributed by atoms with E-state index in [2.05, 4.69) is 10.3 Å². The van der Waals surface area contributed by atoms with Gasteiger partial charge in [-0.1, -0.05) is 5.21 Å². The van der Waals surface area contributed by atoms with Crippen LogP contribution in [0.2, 0.25) is 0 Å². The molecule has 0 aliphatic heterocycles. The number of aromatic nitrogens is 3. The molecule has 0 fully saturated rings. The molecule has 13 heavy (non-hydrogen) atoms. The monoisotopic (exact) mass is 185 g/mol. The van der Waals surface area contributed by atoms with Gasteiger partial charge in [0, 0.05) is 6.61 Å². The lowest BCUT2D eigenvalue weighted by Gasteiger charge is -1.99. The van der Waals surface area contributed by atoms with Crippen molar-refractivity contribution in [3.05, 3.63) is 11.4 Å². The lowest BCUT2D eigenvalue weighted by atomic mass is 10.2. The Morgan fingerprint density at radius 3 is 2.69 bits per heavy atom. The van der Waals surface area contributed by atoms with E-state index in [4.69, 9.17) is 10.2 Å². The lowest BCUT2D eigenvalue weighted by molar-refractivity contribution is 0.266. The largest absolute Gasteiger partial charge is 0.396 e. The molecule has 1 aromatic rings. The zero-order chi connectivity index (χ0) is 9.68. The van der Waals surface area contributed by atoms with Crippen molar-refractivity contribution in [1.82, 2.24) is 15.0 Å². The molecule has 0 aromatic carbocycles. The predicted molar refractivity (Wildman–Crippen MR) is 47.3 cm³/mol. The van der Waals surface area contributed by atoms with Gasteiger partial charge in [0.1, 0.15) is 0 Å². The highest BCUT2D eigenvalue weighted by Gasteiger charge is 2.06. The van der Waals surface area contributed by atoms with E-state index in [1.165, 1.54) is 0 Å². The number of nitrogens with zero attached hydrogens (tertiary/aromatic N) is 3. The predicted octanol–water partition coefficient (Wildman–Crippen LogP) is -0.496. The number of rotatable bonds is 5. The maximum atomic E-state index is 8.70. The first kappa shape index (κ1) is 10.1. The molecular formula is C8H15N3O2. The van der Waals surface area contributed by atoms with Crippen LogP contribution in [0, 0.1) is 6.92 Å². The zero-order valence-corrected chi connectivity index (χ0v) is 7.77. The third kappa shape index (κ3) is 2.50. The van der Waals surface area contributed by atoms with Crippen molar-refractivity contribution in [2.24, 2.45) is 0 Å². The molecule has 2 N–H and O–H groups in total. The van der Waals surface area contributed by atoms with E-state index in [1.807, 2.05) is 6.92 Å². The molecule has 74 valence electrons. The molecule has 1 aromatic heterocycles. The molecule has 0 atom stereocenters. The molecule has 0 radical (unpaired) electrons. The first-order chi connectivity index (χ1) is 6.29. The fraction of sp³-hybridized carbons (Fsp3) is 0.750. The molecular weight excluding hydrogens is 170 g/mol. The minimum absolute atomic E-state index is 0.0731. The molecule has 0 saturated heterocycles. The molecule has 0 bridgehead atoms. The zero-order valence-electron chi connectivity index (χ0n) is 7.77. The molecule has 0 unspecified atom stereocenters. The van der Waals surface area contributed by atoms with Gasteiger partial charge in [0.15, 0.2) is 0 Å². The van der Waals surface area contributed by atoms with Gasteiger partial charge < -0.3 is 10.2 Å². The summed E-state index contributed by atoms with van der Waals surface area (Å²) in [7, 11) is 0. The molecule has 0 spiro atoms. The topological polar surface area (TPSA) is 71.2 Å². The number of aryl methyl sites for hydroxylation is 1. The first-order valence-electron chi connectivity index (χ1n) is 4.40. The van der Waals surface area contributed by atoms with Gasteiger partial charge in [0.05, 0.1) is 24.5 Å². The fourth-order valence-corrected chi connectivity index (χ4v) is 1.18. The number of aliphatic hydroxyl groups excluding tert-OH is 2. The standard InChI is InChI=1S/C8H15N3O2/c1-7-8(3-2-5-12)9-10-11(7)4-6-13/h12-13H,2-6H2,1H3. The van der Waals surface area contributed by atoms with Gasteiger partial charge in [-0.05, 0) is 19.8 Å². The summed E-state index contributed by atoms with van der Waals surface area (Å²) in [5.41, 5.74) is 1.88. The Morgan fingerprint density at radius 1 is 1.31 bits per heavy atom. The maximum absolute atomic E-state index is 8.70.